The molecule has 3 aromatic rings. The van der Waals surface area contributed by atoms with Crippen molar-refractivity contribution >= 4 is 11.0 Å². The van der Waals surface area contributed by atoms with Crippen LogP contribution in [0.15, 0.2) is 42.5 Å². The standard InChI is InChI=1S/C20H24N2O/c1-14-12-18-19(13-15(14)2)22(20(21-18)16(3)23)11-7-10-17-8-5-4-6-9-17/h4-6,8-9,12-13,16,23H,7,10-11H2,1-3H3. The maximum Gasteiger partial charge on any atom is 0.138 e. The second-order valence-corrected chi connectivity index (χ2v) is 6.31. The lowest BCUT2D eigenvalue weighted by Crippen LogP contribution is -2.08. The lowest BCUT2D eigenvalue weighted by Gasteiger charge is -2.11. The van der Waals surface area contributed by atoms with Gasteiger partial charge < -0.3 is 9.67 Å². The number of hydrogen-bond donors (Lipinski definition) is 1. The molecule has 23 heavy (non-hydrogen) atoms. The van der Waals surface area contributed by atoms with Crippen LogP contribution in [0.25, 0.3) is 11.0 Å². The van der Waals surface area contributed by atoms with Gasteiger partial charge in [0.25, 0.3) is 0 Å². The third-order valence-corrected chi connectivity index (χ3v) is 4.46. The van der Waals surface area contributed by atoms with E-state index in [1.807, 2.05) is 6.07 Å². The number of aliphatic hydroxyl groups is 1. The molecule has 0 fully saturated rings. The van der Waals surface area contributed by atoms with E-state index in [1.54, 1.807) is 6.92 Å². The van der Waals surface area contributed by atoms with Gasteiger partial charge in [-0.25, -0.2) is 4.98 Å². The van der Waals surface area contributed by atoms with Gasteiger partial charge in [-0.05, 0) is 62.4 Å². The predicted molar refractivity (Wildman–Crippen MR) is 94.6 cm³/mol. The summed E-state index contributed by atoms with van der Waals surface area (Å²) in [4.78, 5) is 4.65. The van der Waals surface area contributed by atoms with Crippen molar-refractivity contribution < 1.29 is 5.11 Å². The average molecular weight is 308 g/mol. The van der Waals surface area contributed by atoms with Crippen LogP contribution in [0.3, 0.4) is 0 Å². The Bertz CT molecular complexity index is 803. The summed E-state index contributed by atoms with van der Waals surface area (Å²) in [6, 6.07) is 14.8. The van der Waals surface area contributed by atoms with Crippen LogP contribution in [0.4, 0.5) is 0 Å². The summed E-state index contributed by atoms with van der Waals surface area (Å²) >= 11 is 0. The van der Waals surface area contributed by atoms with Crippen LogP contribution in [0.2, 0.25) is 0 Å². The number of aliphatic hydroxyl groups excluding tert-OH is 1. The van der Waals surface area contributed by atoms with Crippen LogP contribution < -0.4 is 0 Å². The molecule has 0 aliphatic rings. The molecule has 0 aliphatic carbocycles. The number of rotatable bonds is 5. The van der Waals surface area contributed by atoms with Gasteiger partial charge in [-0.3, -0.25) is 0 Å². The van der Waals surface area contributed by atoms with Gasteiger partial charge in [0.05, 0.1) is 11.0 Å². The van der Waals surface area contributed by atoms with E-state index in [0.29, 0.717) is 0 Å². The van der Waals surface area contributed by atoms with Gasteiger partial charge in [0.1, 0.15) is 11.9 Å². The zero-order chi connectivity index (χ0) is 16.4. The van der Waals surface area contributed by atoms with E-state index < -0.39 is 6.10 Å². The normalized spacial score (nSPS) is 12.7. The molecule has 0 spiro atoms. The second-order valence-electron chi connectivity index (χ2n) is 6.31. The first-order valence-electron chi connectivity index (χ1n) is 8.25. The van der Waals surface area contributed by atoms with Crippen LogP contribution in [-0.2, 0) is 13.0 Å². The highest BCUT2D eigenvalue weighted by Gasteiger charge is 2.15. The molecule has 0 saturated heterocycles. The van der Waals surface area contributed by atoms with Crippen molar-refractivity contribution in [1.29, 1.82) is 0 Å². The highest BCUT2D eigenvalue weighted by Crippen LogP contribution is 2.24. The Morgan fingerprint density at radius 1 is 1.09 bits per heavy atom. The van der Waals surface area contributed by atoms with E-state index in [-0.39, 0.29) is 0 Å². The molecule has 1 aromatic heterocycles. The fourth-order valence-electron chi connectivity index (χ4n) is 3.04. The average Bonchev–Trinajstić information content (AvgIpc) is 2.87. The van der Waals surface area contributed by atoms with Crippen molar-refractivity contribution in [2.45, 2.75) is 46.3 Å². The number of aryl methyl sites for hydroxylation is 4. The van der Waals surface area contributed by atoms with Crippen molar-refractivity contribution in [1.82, 2.24) is 9.55 Å². The van der Waals surface area contributed by atoms with E-state index in [2.05, 4.69) is 59.8 Å². The number of hydrogen-bond acceptors (Lipinski definition) is 2. The molecule has 3 heteroatoms. The molecule has 3 rings (SSSR count). The van der Waals surface area contributed by atoms with Gasteiger partial charge in [-0.2, -0.15) is 0 Å². The molecule has 2 aromatic carbocycles. The first-order chi connectivity index (χ1) is 11.1. The summed E-state index contributed by atoms with van der Waals surface area (Å²) in [5.74, 6) is 0.762. The number of aromatic nitrogens is 2. The van der Waals surface area contributed by atoms with Gasteiger partial charge in [0.2, 0.25) is 0 Å². The quantitative estimate of drug-likeness (QED) is 0.761. The van der Waals surface area contributed by atoms with Gasteiger partial charge in [-0.15, -0.1) is 0 Å². The van der Waals surface area contributed by atoms with E-state index in [1.165, 1.54) is 16.7 Å². The molecule has 0 saturated carbocycles. The predicted octanol–water partition coefficient (Wildman–Crippen LogP) is 4.34. The van der Waals surface area contributed by atoms with Gasteiger partial charge >= 0.3 is 0 Å². The Hall–Kier alpha value is -2.13. The fraction of sp³-hybridized carbons (Fsp3) is 0.350. The molecule has 1 N–H and O–H groups in total. The Balaban J connectivity index is 1.88. The van der Waals surface area contributed by atoms with Crippen LogP contribution in [0.5, 0.6) is 0 Å². The maximum atomic E-state index is 10.1. The molecule has 1 unspecified atom stereocenters. The highest BCUT2D eigenvalue weighted by molar-refractivity contribution is 5.78. The molecule has 3 nitrogen and oxygen atoms in total. The van der Waals surface area contributed by atoms with E-state index in [4.69, 9.17) is 0 Å². The number of imidazole rings is 1. The maximum absolute atomic E-state index is 10.1. The van der Waals surface area contributed by atoms with Gasteiger partial charge in [0, 0.05) is 6.54 Å². The first kappa shape index (κ1) is 15.8. The lowest BCUT2D eigenvalue weighted by atomic mass is 10.1. The Labute approximate surface area is 137 Å². The summed E-state index contributed by atoms with van der Waals surface area (Å²) in [6.45, 7) is 6.88. The fourth-order valence-corrected chi connectivity index (χ4v) is 3.04. The second kappa shape index (κ2) is 6.55. The number of benzene rings is 2. The SMILES string of the molecule is Cc1cc2nc(C(C)O)n(CCCc3ccccc3)c2cc1C. The van der Waals surface area contributed by atoms with Crippen LogP contribution in [0, 0.1) is 13.8 Å². The zero-order valence-electron chi connectivity index (χ0n) is 14.1. The smallest absolute Gasteiger partial charge is 0.138 e. The molecule has 0 aliphatic heterocycles. The minimum Gasteiger partial charge on any atom is -0.385 e. The summed E-state index contributed by atoms with van der Waals surface area (Å²) in [6.07, 6.45) is 1.51. The van der Waals surface area contributed by atoms with Crippen LogP contribution in [0.1, 0.15) is 42.0 Å². The van der Waals surface area contributed by atoms with Crippen molar-refractivity contribution in [3.63, 3.8) is 0 Å². The van der Waals surface area contributed by atoms with E-state index in [9.17, 15) is 5.11 Å². The molecule has 0 amide bonds. The Kier molecular flexibility index (Phi) is 4.49. The van der Waals surface area contributed by atoms with E-state index in [0.717, 1.165) is 36.2 Å². The molecular formula is C20H24N2O. The zero-order valence-corrected chi connectivity index (χ0v) is 14.1. The van der Waals surface area contributed by atoms with Crippen molar-refractivity contribution in [3.05, 3.63) is 65.0 Å². The molecule has 0 radical (unpaired) electrons. The molecule has 1 atom stereocenters. The van der Waals surface area contributed by atoms with Crippen LogP contribution >= 0.6 is 0 Å². The summed E-state index contributed by atoms with van der Waals surface area (Å²) < 4.78 is 2.18. The number of nitrogens with zero attached hydrogens (tertiary/aromatic N) is 2. The van der Waals surface area contributed by atoms with Crippen molar-refractivity contribution in [2.75, 3.05) is 0 Å². The highest BCUT2D eigenvalue weighted by atomic mass is 16.3. The summed E-state index contributed by atoms with van der Waals surface area (Å²) in [7, 11) is 0. The minimum atomic E-state index is -0.556. The largest absolute Gasteiger partial charge is 0.385 e. The van der Waals surface area contributed by atoms with E-state index >= 15 is 0 Å². The molecular weight excluding hydrogens is 284 g/mol. The molecule has 1 heterocycles. The minimum absolute atomic E-state index is 0.556. The van der Waals surface area contributed by atoms with Gasteiger partial charge in [0.15, 0.2) is 0 Å². The van der Waals surface area contributed by atoms with Crippen molar-refractivity contribution in [3.8, 4) is 0 Å². The first-order valence-corrected chi connectivity index (χ1v) is 8.25. The summed E-state index contributed by atoms with van der Waals surface area (Å²) in [5, 5.41) is 10.1. The monoisotopic (exact) mass is 308 g/mol. The lowest BCUT2D eigenvalue weighted by molar-refractivity contribution is 0.184. The van der Waals surface area contributed by atoms with Crippen LogP contribution in [-0.4, -0.2) is 14.7 Å². The third-order valence-electron chi connectivity index (χ3n) is 4.46. The number of fused-ring (bicyclic) bond motifs is 1. The van der Waals surface area contributed by atoms with Gasteiger partial charge in [-0.1, -0.05) is 30.3 Å². The molecule has 120 valence electrons. The Morgan fingerprint density at radius 3 is 2.48 bits per heavy atom. The van der Waals surface area contributed by atoms with Crippen molar-refractivity contribution in [2.24, 2.45) is 0 Å². The summed E-state index contributed by atoms with van der Waals surface area (Å²) in [5.41, 5.74) is 5.95. The topological polar surface area (TPSA) is 38.1 Å². The molecule has 0 bridgehead atoms. The Morgan fingerprint density at radius 2 is 1.78 bits per heavy atom. The third kappa shape index (κ3) is 3.30.